The summed E-state index contributed by atoms with van der Waals surface area (Å²) in [5.41, 5.74) is 2.41. The second-order valence-corrected chi connectivity index (χ2v) is 5.19. The van der Waals surface area contributed by atoms with Crippen molar-refractivity contribution in [1.82, 2.24) is 9.88 Å². The fourth-order valence-corrected chi connectivity index (χ4v) is 2.67. The molecule has 1 fully saturated rings. The van der Waals surface area contributed by atoms with Gasteiger partial charge >= 0.3 is 0 Å². The summed E-state index contributed by atoms with van der Waals surface area (Å²) in [4.78, 5) is 9.49. The Balaban J connectivity index is 1.71. The fourth-order valence-electron chi connectivity index (χ4n) is 2.67. The zero-order chi connectivity index (χ0) is 13.8. The number of anilines is 1. The smallest absolute Gasteiger partial charge is 0.128 e. The van der Waals surface area contributed by atoms with Crippen molar-refractivity contribution in [3.8, 4) is 11.1 Å². The van der Waals surface area contributed by atoms with E-state index in [1.165, 1.54) is 11.1 Å². The molecule has 1 aliphatic heterocycles. The minimum Gasteiger partial charge on any atom is -0.354 e. The summed E-state index contributed by atoms with van der Waals surface area (Å²) in [7, 11) is 0. The van der Waals surface area contributed by atoms with E-state index >= 15 is 0 Å². The van der Waals surface area contributed by atoms with Crippen molar-refractivity contribution in [2.45, 2.75) is 6.92 Å². The van der Waals surface area contributed by atoms with Gasteiger partial charge in [-0.1, -0.05) is 37.3 Å². The predicted molar refractivity (Wildman–Crippen MR) is 84.0 cm³/mol. The van der Waals surface area contributed by atoms with Gasteiger partial charge < -0.3 is 9.80 Å². The maximum atomic E-state index is 4.64. The fraction of sp³-hybridized carbons (Fsp3) is 0.353. The summed E-state index contributed by atoms with van der Waals surface area (Å²) in [5.74, 6) is 1.10. The average Bonchev–Trinajstić information content (AvgIpc) is 2.56. The number of hydrogen-bond acceptors (Lipinski definition) is 3. The van der Waals surface area contributed by atoms with E-state index < -0.39 is 0 Å². The van der Waals surface area contributed by atoms with Crippen molar-refractivity contribution in [3.05, 3.63) is 48.7 Å². The lowest BCUT2D eigenvalue weighted by atomic mass is 10.1. The highest BCUT2D eigenvalue weighted by Gasteiger charge is 2.16. The number of benzene rings is 1. The van der Waals surface area contributed by atoms with Crippen LogP contribution in [0.3, 0.4) is 0 Å². The van der Waals surface area contributed by atoms with Crippen molar-refractivity contribution in [3.63, 3.8) is 0 Å². The first-order valence-electron chi connectivity index (χ1n) is 7.35. The minimum atomic E-state index is 1.07. The first-order valence-corrected chi connectivity index (χ1v) is 7.35. The highest BCUT2D eigenvalue weighted by molar-refractivity contribution is 5.63. The topological polar surface area (TPSA) is 19.4 Å². The van der Waals surface area contributed by atoms with Crippen LogP contribution < -0.4 is 4.90 Å². The molecule has 0 N–H and O–H groups in total. The van der Waals surface area contributed by atoms with Gasteiger partial charge in [0.15, 0.2) is 0 Å². The van der Waals surface area contributed by atoms with Gasteiger partial charge in [0.25, 0.3) is 0 Å². The van der Waals surface area contributed by atoms with Crippen molar-refractivity contribution in [1.29, 1.82) is 0 Å². The number of likely N-dealkylation sites (N-methyl/N-ethyl adjacent to an activating group) is 1. The highest BCUT2D eigenvalue weighted by atomic mass is 15.3. The lowest BCUT2D eigenvalue weighted by Gasteiger charge is -2.34. The molecule has 0 spiro atoms. The van der Waals surface area contributed by atoms with Crippen LogP contribution >= 0.6 is 0 Å². The summed E-state index contributed by atoms with van der Waals surface area (Å²) in [5, 5.41) is 0. The van der Waals surface area contributed by atoms with Crippen LogP contribution in [-0.2, 0) is 0 Å². The normalized spacial score (nSPS) is 16.4. The van der Waals surface area contributed by atoms with Crippen LogP contribution in [0.4, 0.5) is 5.82 Å². The quantitative estimate of drug-likeness (QED) is 0.852. The molecule has 3 nitrogen and oxygen atoms in total. The summed E-state index contributed by atoms with van der Waals surface area (Å²) in [6.07, 6.45) is 1.98. The lowest BCUT2D eigenvalue weighted by Crippen LogP contribution is -2.46. The number of nitrogens with zero attached hydrogens (tertiary/aromatic N) is 3. The van der Waals surface area contributed by atoms with Gasteiger partial charge in [0.2, 0.25) is 0 Å². The standard InChI is InChI=1S/C17H21N3/c1-2-19-10-12-20(13-11-19)17-9-8-16(14-18-17)15-6-4-3-5-7-15/h3-9,14H,2,10-13H2,1H3. The van der Waals surface area contributed by atoms with E-state index in [4.69, 9.17) is 0 Å². The lowest BCUT2D eigenvalue weighted by molar-refractivity contribution is 0.270. The Bertz CT molecular complexity index is 528. The molecule has 104 valence electrons. The number of rotatable bonds is 3. The molecule has 0 radical (unpaired) electrons. The molecule has 0 bridgehead atoms. The molecule has 0 atom stereocenters. The minimum absolute atomic E-state index is 1.07. The zero-order valence-corrected chi connectivity index (χ0v) is 12.0. The average molecular weight is 267 g/mol. The largest absolute Gasteiger partial charge is 0.354 e. The van der Waals surface area contributed by atoms with Gasteiger partial charge in [-0.3, -0.25) is 0 Å². The van der Waals surface area contributed by atoms with Crippen LogP contribution in [0, 0.1) is 0 Å². The Morgan fingerprint density at radius 1 is 0.900 bits per heavy atom. The van der Waals surface area contributed by atoms with Gasteiger partial charge in [-0.15, -0.1) is 0 Å². The second-order valence-electron chi connectivity index (χ2n) is 5.19. The zero-order valence-electron chi connectivity index (χ0n) is 12.0. The molecule has 3 rings (SSSR count). The van der Waals surface area contributed by atoms with Crippen LogP contribution in [0.1, 0.15) is 6.92 Å². The first-order chi connectivity index (χ1) is 9.86. The van der Waals surface area contributed by atoms with Crippen molar-refractivity contribution < 1.29 is 0 Å². The predicted octanol–water partition coefficient (Wildman–Crippen LogP) is 2.89. The van der Waals surface area contributed by atoms with E-state index in [0.717, 1.165) is 38.5 Å². The molecule has 2 heterocycles. The van der Waals surface area contributed by atoms with E-state index in [9.17, 15) is 0 Å². The Morgan fingerprint density at radius 3 is 2.25 bits per heavy atom. The molecule has 2 aromatic rings. The molecule has 0 aliphatic carbocycles. The first kappa shape index (κ1) is 13.1. The summed E-state index contributed by atoms with van der Waals surface area (Å²) in [6, 6.07) is 14.7. The van der Waals surface area contributed by atoms with Gasteiger partial charge in [0.05, 0.1) is 0 Å². The Kier molecular flexibility index (Phi) is 3.97. The SMILES string of the molecule is CCN1CCN(c2ccc(-c3ccccc3)cn2)CC1. The summed E-state index contributed by atoms with van der Waals surface area (Å²) < 4.78 is 0. The molecule has 0 saturated carbocycles. The van der Waals surface area contributed by atoms with Gasteiger partial charge in [-0.2, -0.15) is 0 Å². The third kappa shape index (κ3) is 2.83. The van der Waals surface area contributed by atoms with E-state index in [0.29, 0.717) is 0 Å². The van der Waals surface area contributed by atoms with E-state index in [2.05, 4.69) is 58.1 Å². The third-order valence-electron chi connectivity index (χ3n) is 4.00. The second kappa shape index (κ2) is 6.06. The Morgan fingerprint density at radius 2 is 1.65 bits per heavy atom. The van der Waals surface area contributed by atoms with Gasteiger partial charge in [0.1, 0.15) is 5.82 Å². The molecule has 0 unspecified atom stereocenters. The van der Waals surface area contributed by atoms with E-state index in [1.807, 2.05) is 12.3 Å². The van der Waals surface area contributed by atoms with Crippen molar-refractivity contribution in [2.24, 2.45) is 0 Å². The highest BCUT2D eigenvalue weighted by Crippen LogP contribution is 2.21. The van der Waals surface area contributed by atoms with Crippen molar-refractivity contribution >= 4 is 5.82 Å². The van der Waals surface area contributed by atoms with Crippen LogP contribution in [0.2, 0.25) is 0 Å². The summed E-state index contributed by atoms with van der Waals surface area (Å²) >= 11 is 0. The maximum Gasteiger partial charge on any atom is 0.128 e. The monoisotopic (exact) mass is 267 g/mol. The molecule has 3 heteroatoms. The Labute approximate surface area is 120 Å². The third-order valence-corrected chi connectivity index (χ3v) is 4.00. The number of aromatic nitrogens is 1. The van der Waals surface area contributed by atoms with Gasteiger partial charge in [-0.05, 0) is 24.2 Å². The van der Waals surface area contributed by atoms with Gasteiger partial charge in [-0.25, -0.2) is 4.98 Å². The number of piperazine rings is 1. The van der Waals surface area contributed by atoms with Crippen LogP contribution in [0.5, 0.6) is 0 Å². The van der Waals surface area contributed by atoms with E-state index in [-0.39, 0.29) is 0 Å². The molecular formula is C17H21N3. The molecule has 1 aromatic heterocycles. The van der Waals surface area contributed by atoms with Crippen LogP contribution in [0.15, 0.2) is 48.7 Å². The molecule has 20 heavy (non-hydrogen) atoms. The molecule has 1 aliphatic rings. The Hall–Kier alpha value is -1.87. The number of pyridine rings is 1. The molecular weight excluding hydrogens is 246 g/mol. The van der Waals surface area contributed by atoms with Crippen LogP contribution in [-0.4, -0.2) is 42.6 Å². The van der Waals surface area contributed by atoms with E-state index in [1.54, 1.807) is 0 Å². The maximum absolute atomic E-state index is 4.64. The van der Waals surface area contributed by atoms with Crippen molar-refractivity contribution in [2.75, 3.05) is 37.6 Å². The van der Waals surface area contributed by atoms with Crippen LogP contribution in [0.25, 0.3) is 11.1 Å². The summed E-state index contributed by atoms with van der Waals surface area (Å²) in [6.45, 7) is 7.80. The van der Waals surface area contributed by atoms with Gasteiger partial charge in [0, 0.05) is 37.9 Å². The molecule has 1 aromatic carbocycles. The number of hydrogen-bond donors (Lipinski definition) is 0. The molecule has 0 amide bonds. The molecule has 1 saturated heterocycles.